The Morgan fingerprint density at radius 2 is 2.40 bits per heavy atom. The average molecular weight is 210 g/mol. The lowest BCUT2D eigenvalue weighted by Crippen LogP contribution is -2.41. The van der Waals surface area contributed by atoms with Gasteiger partial charge in [0.05, 0.1) is 18.3 Å². The van der Waals surface area contributed by atoms with Gasteiger partial charge in [-0.15, -0.1) is 0 Å². The van der Waals surface area contributed by atoms with Crippen LogP contribution in [0.1, 0.15) is 31.9 Å². The fourth-order valence-electron chi connectivity index (χ4n) is 1.25. The van der Waals surface area contributed by atoms with Gasteiger partial charge in [0, 0.05) is 18.8 Å². The molecule has 1 aromatic heterocycles. The summed E-state index contributed by atoms with van der Waals surface area (Å²) in [7, 11) is 1.84. The van der Waals surface area contributed by atoms with Gasteiger partial charge in [-0.25, -0.2) is 0 Å². The molecule has 0 spiro atoms. The highest BCUT2D eigenvalue weighted by atomic mass is 16.2. The van der Waals surface area contributed by atoms with Crippen LogP contribution < -0.4 is 11.1 Å². The Hall–Kier alpha value is -1.36. The summed E-state index contributed by atoms with van der Waals surface area (Å²) in [5.74, 6) is -0.117. The lowest BCUT2D eigenvalue weighted by Gasteiger charge is -2.15. The third kappa shape index (κ3) is 3.06. The molecule has 1 amide bonds. The second-order valence-corrected chi connectivity index (χ2v) is 3.69. The van der Waals surface area contributed by atoms with Crippen molar-refractivity contribution in [1.29, 1.82) is 0 Å². The molecule has 0 aliphatic carbocycles. The van der Waals surface area contributed by atoms with E-state index >= 15 is 0 Å². The molecule has 1 heterocycles. The molecular weight excluding hydrogens is 192 g/mol. The maximum absolute atomic E-state index is 11.5. The van der Waals surface area contributed by atoms with Crippen LogP contribution in [0.25, 0.3) is 0 Å². The van der Waals surface area contributed by atoms with Crippen molar-refractivity contribution in [2.24, 2.45) is 12.8 Å². The molecule has 0 bridgehead atoms. The molecule has 0 aromatic carbocycles. The molecule has 5 nitrogen and oxygen atoms in total. The molecule has 84 valence electrons. The lowest BCUT2D eigenvalue weighted by molar-refractivity contribution is -0.123. The first-order chi connectivity index (χ1) is 7.04. The standard InChI is InChI=1S/C10H18N4O/c1-4-9(11)10(15)13-7(2)8-5-12-14(3)6-8/h5-7,9H,4,11H2,1-3H3,(H,13,15)/t7?,9-/m0/s1. The van der Waals surface area contributed by atoms with Gasteiger partial charge < -0.3 is 11.1 Å². The largest absolute Gasteiger partial charge is 0.348 e. The van der Waals surface area contributed by atoms with E-state index in [4.69, 9.17) is 5.73 Å². The Morgan fingerprint density at radius 3 is 2.87 bits per heavy atom. The first-order valence-corrected chi connectivity index (χ1v) is 5.09. The van der Waals surface area contributed by atoms with Crippen LogP contribution in [0, 0.1) is 0 Å². The number of hydrogen-bond acceptors (Lipinski definition) is 3. The van der Waals surface area contributed by atoms with Crippen molar-refractivity contribution in [2.45, 2.75) is 32.4 Å². The molecule has 0 saturated carbocycles. The van der Waals surface area contributed by atoms with Crippen LogP contribution in [0.3, 0.4) is 0 Å². The second-order valence-electron chi connectivity index (χ2n) is 3.69. The maximum Gasteiger partial charge on any atom is 0.237 e. The minimum absolute atomic E-state index is 0.0520. The van der Waals surface area contributed by atoms with Crippen molar-refractivity contribution in [3.63, 3.8) is 0 Å². The summed E-state index contributed by atoms with van der Waals surface area (Å²) in [5, 5.41) is 6.89. The van der Waals surface area contributed by atoms with Gasteiger partial charge in [0.1, 0.15) is 0 Å². The molecule has 0 aliphatic rings. The fourth-order valence-corrected chi connectivity index (χ4v) is 1.25. The van der Waals surface area contributed by atoms with Crippen LogP contribution in [0.5, 0.6) is 0 Å². The second kappa shape index (κ2) is 4.93. The summed E-state index contributed by atoms with van der Waals surface area (Å²) in [4.78, 5) is 11.5. The minimum atomic E-state index is -0.427. The van der Waals surface area contributed by atoms with Gasteiger partial charge >= 0.3 is 0 Å². The smallest absolute Gasteiger partial charge is 0.237 e. The summed E-state index contributed by atoms with van der Waals surface area (Å²) >= 11 is 0. The van der Waals surface area contributed by atoms with E-state index in [0.29, 0.717) is 6.42 Å². The minimum Gasteiger partial charge on any atom is -0.348 e. The molecule has 3 N–H and O–H groups in total. The third-order valence-corrected chi connectivity index (χ3v) is 2.36. The molecule has 2 atom stereocenters. The normalized spacial score (nSPS) is 14.7. The number of rotatable bonds is 4. The number of carbonyl (C=O) groups is 1. The summed E-state index contributed by atoms with van der Waals surface area (Å²) < 4.78 is 1.71. The number of hydrogen-bond donors (Lipinski definition) is 2. The first kappa shape index (κ1) is 11.7. The van der Waals surface area contributed by atoms with Crippen molar-refractivity contribution < 1.29 is 4.79 Å². The topological polar surface area (TPSA) is 72.9 Å². The Kier molecular flexibility index (Phi) is 3.85. The SMILES string of the molecule is CC[C@H](N)C(=O)NC(C)c1cnn(C)c1. The zero-order valence-corrected chi connectivity index (χ0v) is 9.40. The Bertz CT molecular complexity index is 334. The maximum atomic E-state index is 11.5. The van der Waals surface area contributed by atoms with Crippen molar-refractivity contribution >= 4 is 5.91 Å². The van der Waals surface area contributed by atoms with Gasteiger partial charge in [0.15, 0.2) is 0 Å². The zero-order valence-electron chi connectivity index (χ0n) is 9.40. The monoisotopic (exact) mass is 210 g/mol. The highest BCUT2D eigenvalue weighted by Crippen LogP contribution is 2.10. The number of aryl methyl sites for hydroxylation is 1. The van der Waals surface area contributed by atoms with E-state index in [1.807, 2.05) is 27.1 Å². The molecule has 0 radical (unpaired) electrons. The van der Waals surface area contributed by atoms with E-state index in [1.54, 1.807) is 10.9 Å². The van der Waals surface area contributed by atoms with E-state index < -0.39 is 6.04 Å². The molecule has 1 rings (SSSR count). The summed E-state index contributed by atoms with van der Waals surface area (Å²) in [6.07, 6.45) is 4.26. The fraction of sp³-hybridized carbons (Fsp3) is 0.600. The number of amides is 1. The Balaban J connectivity index is 2.56. The highest BCUT2D eigenvalue weighted by molar-refractivity contribution is 5.81. The van der Waals surface area contributed by atoms with Crippen molar-refractivity contribution in [1.82, 2.24) is 15.1 Å². The number of carbonyl (C=O) groups excluding carboxylic acids is 1. The molecule has 0 aliphatic heterocycles. The predicted octanol–water partition coefficient (Wildman–Crippen LogP) is 0.335. The van der Waals surface area contributed by atoms with Crippen LogP contribution in [0.15, 0.2) is 12.4 Å². The van der Waals surface area contributed by atoms with Gasteiger partial charge in [-0.3, -0.25) is 9.48 Å². The quantitative estimate of drug-likeness (QED) is 0.752. The van der Waals surface area contributed by atoms with Crippen LogP contribution in [-0.4, -0.2) is 21.7 Å². The molecular formula is C10H18N4O. The predicted molar refractivity (Wildman–Crippen MR) is 58.0 cm³/mol. The Labute approximate surface area is 89.6 Å². The van der Waals surface area contributed by atoms with E-state index in [-0.39, 0.29) is 11.9 Å². The summed E-state index contributed by atoms with van der Waals surface area (Å²) in [6.45, 7) is 3.80. The molecule has 0 fully saturated rings. The third-order valence-electron chi connectivity index (χ3n) is 2.36. The van der Waals surface area contributed by atoms with Crippen molar-refractivity contribution in [3.05, 3.63) is 18.0 Å². The first-order valence-electron chi connectivity index (χ1n) is 5.09. The number of nitrogens with one attached hydrogen (secondary N) is 1. The van der Waals surface area contributed by atoms with Crippen molar-refractivity contribution in [2.75, 3.05) is 0 Å². The van der Waals surface area contributed by atoms with Gasteiger partial charge in [-0.2, -0.15) is 5.10 Å². The van der Waals surface area contributed by atoms with E-state index in [2.05, 4.69) is 10.4 Å². The van der Waals surface area contributed by atoms with Crippen LogP contribution >= 0.6 is 0 Å². The summed E-state index contributed by atoms with van der Waals surface area (Å²) in [6, 6.07) is -0.479. The van der Waals surface area contributed by atoms with Gasteiger partial charge in [-0.05, 0) is 13.3 Å². The van der Waals surface area contributed by atoms with Crippen LogP contribution in [0.2, 0.25) is 0 Å². The van der Waals surface area contributed by atoms with Gasteiger partial charge in [0.2, 0.25) is 5.91 Å². The Morgan fingerprint density at radius 1 is 1.73 bits per heavy atom. The van der Waals surface area contributed by atoms with Crippen molar-refractivity contribution in [3.8, 4) is 0 Å². The molecule has 1 unspecified atom stereocenters. The zero-order chi connectivity index (χ0) is 11.4. The number of aromatic nitrogens is 2. The molecule has 1 aromatic rings. The van der Waals surface area contributed by atoms with E-state index in [0.717, 1.165) is 5.56 Å². The van der Waals surface area contributed by atoms with Gasteiger partial charge in [-0.1, -0.05) is 6.92 Å². The molecule has 0 saturated heterocycles. The number of nitrogens with two attached hydrogens (primary N) is 1. The lowest BCUT2D eigenvalue weighted by atomic mass is 10.1. The highest BCUT2D eigenvalue weighted by Gasteiger charge is 2.15. The average Bonchev–Trinajstić information content (AvgIpc) is 2.63. The van der Waals surface area contributed by atoms with E-state index in [9.17, 15) is 4.79 Å². The summed E-state index contributed by atoms with van der Waals surface area (Å²) in [5.41, 5.74) is 6.60. The van der Waals surface area contributed by atoms with Crippen LogP contribution in [0.4, 0.5) is 0 Å². The molecule has 15 heavy (non-hydrogen) atoms. The van der Waals surface area contributed by atoms with Gasteiger partial charge in [0.25, 0.3) is 0 Å². The molecule has 5 heteroatoms. The number of nitrogens with zero attached hydrogens (tertiary/aromatic N) is 2. The van der Waals surface area contributed by atoms with E-state index in [1.165, 1.54) is 0 Å². The van der Waals surface area contributed by atoms with Crippen LogP contribution in [-0.2, 0) is 11.8 Å².